The first-order valence-corrected chi connectivity index (χ1v) is 6.50. The normalized spacial score (nSPS) is 18.1. The van der Waals surface area contributed by atoms with Gasteiger partial charge in [-0.15, -0.1) is 0 Å². The second kappa shape index (κ2) is 6.18. The van der Waals surface area contributed by atoms with Gasteiger partial charge in [0.15, 0.2) is 0 Å². The summed E-state index contributed by atoms with van der Waals surface area (Å²) in [7, 11) is 1.54. The van der Waals surface area contributed by atoms with Gasteiger partial charge in [0.05, 0.1) is 17.2 Å². The molecule has 6 heteroatoms. The fourth-order valence-corrected chi connectivity index (χ4v) is 2.12. The molecule has 1 unspecified atom stereocenters. The Morgan fingerprint density at radius 1 is 1.30 bits per heavy atom. The van der Waals surface area contributed by atoms with E-state index in [4.69, 9.17) is 0 Å². The van der Waals surface area contributed by atoms with Crippen LogP contribution in [0, 0.1) is 5.92 Å². The molecular formula is C14H17N3O3. The minimum atomic E-state index is -0.259. The maximum Gasteiger partial charge on any atom is 0.253 e. The van der Waals surface area contributed by atoms with Crippen molar-refractivity contribution in [1.82, 2.24) is 10.6 Å². The van der Waals surface area contributed by atoms with Crippen LogP contribution in [-0.4, -0.2) is 31.3 Å². The first kappa shape index (κ1) is 14.0. The molecule has 1 saturated heterocycles. The van der Waals surface area contributed by atoms with E-state index in [1.165, 1.54) is 7.05 Å². The predicted octanol–water partition coefficient (Wildman–Crippen LogP) is 0.511. The van der Waals surface area contributed by atoms with Crippen molar-refractivity contribution in [3.05, 3.63) is 29.8 Å². The molecule has 0 radical (unpaired) electrons. The van der Waals surface area contributed by atoms with Crippen LogP contribution in [0.5, 0.6) is 0 Å². The number of piperidine rings is 1. The quantitative estimate of drug-likeness (QED) is 0.751. The van der Waals surface area contributed by atoms with Crippen molar-refractivity contribution in [2.75, 3.05) is 18.9 Å². The van der Waals surface area contributed by atoms with Crippen LogP contribution in [0.3, 0.4) is 0 Å². The standard InChI is InChI=1S/C14H17N3O3/c1-15-14(20)10-4-2-3-5-11(10)17-13(19)9-6-7-12(18)16-8-9/h2-5,9H,6-8H2,1H3,(H,15,20)(H,16,18)(H,17,19). The Morgan fingerprint density at radius 2 is 2.05 bits per heavy atom. The van der Waals surface area contributed by atoms with E-state index in [9.17, 15) is 14.4 Å². The van der Waals surface area contributed by atoms with E-state index >= 15 is 0 Å². The molecule has 106 valence electrons. The van der Waals surface area contributed by atoms with E-state index < -0.39 is 0 Å². The molecular weight excluding hydrogens is 258 g/mol. The summed E-state index contributed by atoms with van der Waals surface area (Å²) in [6.07, 6.45) is 0.884. The lowest BCUT2D eigenvalue weighted by atomic mass is 9.98. The molecule has 1 fully saturated rings. The molecule has 0 spiro atoms. The highest BCUT2D eigenvalue weighted by Crippen LogP contribution is 2.18. The van der Waals surface area contributed by atoms with E-state index in [1.54, 1.807) is 24.3 Å². The third-order valence-corrected chi connectivity index (χ3v) is 3.29. The van der Waals surface area contributed by atoms with Crippen molar-refractivity contribution in [2.45, 2.75) is 12.8 Å². The number of rotatable bonds is 3. The molecule has 1 aliphatic rings. The minimum absolute atomic E-state index is 0.0280. The molecule has 0 saturated carbocycles. The molecule has 2 rings (SSSR count). The average Bonchev–Trinajstić information content (AvgIpc) is 2.47. The van der Waals surface area contributed by atoms with Gasteiger partial charge in [0.2, 0.25) is 11.8 Å². The molecule has 1 aromatic carbocycles. The zero-order valence-electron chi connectivity index (χ0n) is 11.2. The Balaban J connectivity index is 2.08. The zero-order chi connectivity index (χ0) is 14.5. The molecule has 0 aliphatic carbocycles. The molecule has 0 bridgehead atoms. The van der Waals surface area contributed by atoms with Gasteiger partial charge >= 0.3 is 0 Å². The van der Waals surface area contributed by atoms with E-state index in [0.717, 1.165) is 0 Å². The Labute approximate surface area is 116 Å². The summed E-state index contributed by atoms with van der Waals surface area (Å²) >= 11 is 0. The number of hydrogen-bond acceptors (Lipinski definition) is 3. The Kier molecular flexibility index (Phi) is 4.34. The summed E-state index contributed by atoms with van der Waals surface area (Å²) in [5.41, 5.74) is 0.900. The fraction of sp³-hybridized carbons (Fsp3) is 0.357. The molecule has 1 heterocycles. The van der Waals surface area contributed by atoms with Gasteiger partial charge in [-0.3, -0.25) is 14.4 Å². The number of nitrogens with one attached hydrogen (secondary N) is 3. The third kappa shape index (κ3) is 3.14. The highest BCUT2D eigenvalue weighted by Gasteiger charge is 2.25. The van der Waals surface area contributed by atoms with Crippen molar-refractivity contribution >= 4 is 23.4 Å². The topological polar surface area (TPSA) is 87.3 Å². The number of hydrogen-bond donors (Lipinski definition) is 3. The van der Waals surface area contributed by atoms with Crippen LogP contribution in [0.15, 0.2) is 24.3 Å². The van der Waals surface area contributed by atoms with Crippen molar-refractivity contribution in [1.29, 1.82) is 0 Å². The van der Waals surface area contributed by atoms with Crippen LogP contribution < -0.4 is 16.0 Å². The van der Waals surface area contributed by atoms with Crippen molar-refractivity contribution in [3.8, 4) is 0 Å². The number of amides is 3. The highest BCUT2D eigenvalue weighted by molar-refractivity contribution is 6.04. The van der Waals surface area contributed by atoms with Gasteiger partial charge in [-0.25, -0.2) is 0 Å². The SMILES string of the molecule is CNC(=O)c1ccccc1NC(=O)C1CCC(=O)NC1. The van der Waals surface area contributed by atoms with Gasteiger partial charge in [-0.05, 0) is 18.6 Å². The summed E-state index contributed by atoms with van der Waals surface area (Å²) in [5, 5.41) is 7.96. The lowest BCUT2D eigenvalue weighted by Crippen LogP contribution is -2.40. The van der Waals surface area contributed by atoms with Crippen LogP contribution >= 0.6 is 0 Å². The second-order valence-corrected chi connectivity index (χ2v) is 4.65. The molecule has 6 nitrogen and oxygen atoms in total. The average molecular weight is 275 g/mol. The van der Waals surface area contributed by atoms with Gasteiger partial charge in [0.25, 0.3) is 5.91 Å². The van der Waals surface area contributed by atoms with Crippen LogP contribution in [0.4, 0.5) is 5.69 Å². The molecule has 1 atom stereocenters. The summed E-state index contributed by atoms with van der Waals surface area (Å²) in [6, 6.07) is 6.83. The highest BCUT2D eigenvalue weighted by atomic mass is 16.2. The molecule has 0 aromatic heterocycles. The first-order chi connectivity index (χ1) is 9.61. The van der Waals surface area contributed by atoms with Gasteiger partial charge in [0, 0.05) is 20.0 Å². The first-order valence-electron chi connectivity index (χ1n) is 6.50. The maximum absolute atomic E-state index is 12.1. The molecule has 1 aromatic rings. The zero-order valence-corrected chi connectivity index (χ0v) is 11.2. The van der Waals surface area contributed by atoms with Gasteiger partial charge in [-0.2, -0.15) is 0 Å². The molecule has 3 amide bonds. The van der Waals surface area contributed by atoms with Crippen molar-refractivity contribution in [3.63, 3.8) is 0 Å². The number of anilines is 1. The Hall–Kier alpha value is -2.37. The molecule has 1 aliphatic heterocycles. The summed E-state index contributed by atoms with van der Waals surface area (Å²) in [6.45, 7) is 0.340. The maximum atomic E-state index is 12.1. The summed E-state index contributed by atoms with van der Waals surface area (Å²) < 4.78 is 0. The van der Waals surface area contributed by atoms with E-state index in [1.807, 2.05) is 0 Å². The lowest BCUT2D eigenvalue weighted by Gasteiger charge is -2.22. The minimum Gasteiger partial charge on any atom is -0.355 e. The Morgan fingerprint density at radius 3 is 2.70 bits per heavy atom. The Bertz CT molecular complexity index is 532. The van der Waals surface area contributed by atoms with Crippen molar-refractivity contribution < 1.29 is 14.4 Å². The van der Waals surface area contributed by atoms with E-state index in [2.05, 4.69) is 16.0 Å². The smallest absolute Gasteiger partial charge is 0.253 e. The van der Waals surface area contributed by atoms with Crippen LogP contribution in [0.25, 0.3) is 0 Å². The van der Waals surface area contributed by atoms with E-state index in [0.29, 0.717) is 30.6 Å². The summed E-state index contributed by atoms with van der Waals surface area (Å²) in [4.78, 5) is 34.9. The third-order valence-electron chi connectivity index (χ3n) is 3.29. The number of para-hydroxylation sites is 1. The van der Waals surface area contributed by atoms with Crippen LogP contribution in [0.1, 0.15) is 23.2 Å². The van der Waals surface area contributed by atoms with Gasteiger partial charge in [0.1, 0.15) is 0 Å². The van der Waals surface area contributed by atoms with Crippen LogP contribution in [0.2, 0.25) is 0 Å². The molecule has 3 N–H and O–H groups in total. The molecule has 20 heavy (non-hydrogen) atoms. The predicted molar refractivity (Wildman–Crippen MR) is 74.2 cm³/mol. The number of carbonyl (C=O) groups excluding carboxylic acids is 3. The number of carbonyl (C=O) groups is 3. The van der Waals surface area contributed by atoms with Crippen molar-refractivity contribution in [2.24, 2.45) is 5.92 Å². The largest absolute Gasteiger partial charge is 0.355 e. The lowest BCUT2D eigenvalue weighted by molar-refractivity contribution is -0.126. The second-order valence-electron chi connectivity index (χ2n) is 4.65. The van der Waals surface area contributed by atoms with Gasteiger partial charge < -0.3 is 16.0 Å². The summed E-state index contributed by atoms with van der Waals surface area (Å²) in [5.74, 6) is -0.718. The van der Waals surface area contributed by atoms with E-state index in [-0.39, 0.29) is 23.6 Å². The number of benzene rings is 1. The monoisotopic (exact) mass is 275 g/mol. The fourth-order valence-electron chi connectivity index (χ4n) is 2.12. The van der Waals surface area contributed by atoms with Gasteiger partial charge in [-0.1, -0.05) is 12.1 Å². The van der Waals surface area contributed by atoms with Crippen LogP contribution in [-0.2, 0) is 9.59 Å².